The lowest BCUT2D eigenvalue weighted by Crippen LogP contribution is -2.19. The van der Waals surface area contributed by atoms with Gasteiger partial charge in [0.05, 0.1) is 12.7 Å². The number of hydrogen-bond acceptors (Lipinski definition) is 1. The van der Waals surface area contributed by atoms with Gasteiger partial charge in [0.15, 0.2) is 0 Å². The van der Waals surface area contributed by atoms with Crippen LogP contribution in [0.25, 0.3) is 0 Å². The highest BCUT2D eigenvalue weighted by Crippen LogP contribution is 2.15. The molecule has 1 heteroatoms. The van der Waals surface area contributed by atoms with Crippen molar-refractivity contribution in [2.75, 3.05) is 0 Å². The van der Waals surface area contributed by atoms with E-state index in [1.54, 1.807) is 0 Å². The van der Waals surface area contributed by atoms with Gasteiger partial charge >= 0.3 is 0 Å². The lowest BCUT2D eigenvalue weighted by molar-refractivity contribution is 0.00487. The van der Waals surface area contributed by atoms with Crippen LogP contribution in [0.5, 0.6) is 0 Å². The number of benzene rings is 1. The Kier molecular flexibility index (Phi) is 5.41. The third-order valence-electron chi connectivity index (χ3n) is 2.62. The first-order valence-electron chi connectivity index (χ1n) is 5.89. The van der Waals surface area contributed by atoms with Crippen LogP contribution in [-0.4, -0.2) is 6.10 Å². The molecular weight excluding hydrogens is 184 g/mol. The van der Waals surface area contributed by atoms with Crippen molar-refractivity contribution in [3.63, 3.8) is 0 Å². The van der Waals surface area contributed by atoms with Crippen LogP contribution in [0, 0.1) is 5.92 Å². The summed E-state index contributed by atoms with van der Waals surface area (Å²) in [6.45, 7) is 7.40. The van der Waals surface area contributed by atoms with E-state index in [1.807, 2.05) is 6.07 Å². The highest BCUT2D eigenvalue weighted by Gasteiger charge is 2.12. The van der Waals surface area contributed by atoms with Gasteiger partial charge in [-0.15, -0.1) is 0 Å². The van der Waals surface area contributed by atoms with Crippen molar-refractivity contribution in [1.82, 2.24) is 0 Å². The van der Waals surface area contributed by atoms with Gasteiger partial charge in [-0.25, -0.2) is 0 Å². The highest BCUT2D eigenvalue weighted by molar-refractivity contribution is 5.13. The van der Waals surface area contributed by atoms with E-state index in [0.717, 1.165) is 13.0 Å². The molecule has 0 saturated carbocycles. The third kappa shape index (κ3) is 4.48. The molecule has 0 aliphatic rings. The Morgan fingerprint density at radius 1 is 1.13 bits per heavy atom. The molecular formula is C14H22O. The summed E-state index contributed by atoms with van der Waals surface area (Å²) in [4.78, 5) is 0. The van der Waals surface area contributed by atoms with E-state index >= 15 is 0 Å². The lowest BCUT2D eigenvalue weighted by atomic mass is 10.0. The van der Waals surface area contributed by atoms with Crippen molar-refractivity contribution in [2.45, 2.75) is 46.3 Å². The molecule has 84 valence electrons. The molecule has 0 heterocycles. The van der Waals surface area contributed by atoms with Crippen LogP contribution in [0.4, 0.5) is 0 Å². The zero-order valence-electron chi connectivity index (χ0n) is 10.1. The van der Waals surface area contributed by atoms with Crippen molar-refractivity contribution in [1.29, 1.82) is 0 Å². The Morgan fingerprint density at radius 3 is 2.33 bits per heavy atom. The van der Waals surface area contributed by atoms with E-state index in [0.29, 0.717) is 12.0 Å². The molecule has 0 fully saturated rings. The van der Waals surface area contributed by atoms with Crippen LogP contribution < -0.4 is 0 Å². The number of ether oxygens (including phenoxy) is 1. The fourth-order valence-corrected chi connectivity index (χ4v) is 1.67. The maximum Gasteiger partial charge on any atom is 0.0720 e. The zero-order chi connectivity index (χ0) is 11.1. The Balaban J connectivity index is 2.40. The summed E-state index contributed by atoms with van der Waals surface area (Å²) in [7, 11) is 0. The van der Waals surface area contributed by atoms with Crippen LogP contribution in [0.1, 0.15) is 39.2 Å². The van der Waals surface area contributed by atoms with Crippen LogP contribution in [0.15, 0.2) is 30.3 Å². The molecule has 1 aromatic rings. The van der Waals surface area contributed by atoms with Crippen LogP contribution in [0.2, 0.25) is 0 Å². The van der Waals surface area contributed by atoms with Crippen LogP contribution in [-0.2, 0) is 11.3 Å². The summed E-state index contributed by atoms with van der Waals surface area (Å²) in [6, 6.07) is 10.4. The fraction of sp³-hybridized carbons (Fsp3) is 0.571. The van der Waals surface area contributed by atoms with Gasteiger partial charge in [-0.1, -0.05) is 57.5 Å². The Hall–Kier alpha value is -0.820. The van der Waals surface area contributed by atoms with Crippen molar-refractivity contribution in [3.8, 4) is 0 Å². The summed E-state index contributed by atoms with van der Waals surface area (Å²) < 4.78 is 5.93. The Labute approximate surface area is 93.5 Å². The maximum absolute atomic E-state index is 5.93. The van der Waals surface area contributed by atoms with Gasteiger partial charge in [0, 0.05) is 0 Å². The molecule has 0 aromatic heterocycles. The van der Waals surface area contributed by atoms with Crippen molar-refractivity contribution in [2.24, 2.45) is 5.92 Å². The monoisotopic (exact) mass is 206 g/mol. The summed E-state index contributed by atoms with van der Waals surface area (Å²) in [6.07, 6.45) is 2.75. The second-order valence-corrected chi connectivity index (χ2v) is 4.37. The van der Waals surface area contributed by atoms with E-state index in [2.05, 4.69) is 45.0 Å². The predicted molar refractivity (Wildman–Crippen MR) is 64.8 cm³/mol. The molecule has 0 N–H and O–H groups in total. The van der Waals surface area contributed by atoms with Gasteiger partial charge in [-0.2, -0.15) is 0 Å². The minimum Gasteiger partial charge on any atom is -0.373 e. The molecule has 0 aliphatic heterocycles. The molecule has 0 spiro atoms. The van der Waals surface area contributed by atoms with Crippen molar-refractivity contribution >= 4 is 0 Å². The van der Waals surface area contributed by atoms with E-state index < -0.39 is 0 Å². The molecule has 0 radical (unpaired) electrons. The first-order valence-corrected chi connectivity index (χ1v) is 5.89. The lowest BCUT2D eigenvalue weighted by Gasteiger charge is -2.20. The number of hydrogen-bond donors (Lipinski definition) is 0. The van der Waals surface area contributed by atoms with Gasteiger partial charge < -0.3 is 4.74 Å². The van der Waals surface area contributed by atoms with Crippen LogP contribution in [0.3, 0.4) is 0 Å². The van der Waals surface area contributed by atoms with Crippen LogP contribution >= 0.6 is 0 Å². The molecule has 1 atom stereocenters. The molecule has 1 nitrogen and oxygen atoms in total. The quantitative estimate of drug-likeness (QED) is 0.683. The highest BCUT2D eigenvalue weighted by atomic mass is 16.5. The average Bonchev–Trinajstić information content (AvgIpc) is 2.25. The zero-order valence-corrected chi connectivity index (χ0v) is 10.1. The first-order chi connectivity index (χ1) is 7.24. The molecule has 0 bridgehead atoms. The van der Waals surface area contributed by atoms with Crippen molar-refractivity contribution in [3.05, 3.63) is 35.9 Å². The largest absolute Gasteiger partial charge is 0.373 e. The molecule has 0 aliphatic carbocycles. The Bertz CT molecular complexity index is 253. The summed E-state index contributed by atoms with van der Waals surface area (Å²) >= 11 is 0. The molecule has 1 rings (SSSR count). The molecule has 15 heavy (non-hydrogen) atoms. The fourth-order valence-electron chi connectivity index (χ4n) is 1.67. The van der Waals surface area contributed by atoms with Gasteiger partial charge in [0.2, 0.25) is 0 Å². The second-order valence-electron chi connectivity index (χ2n) is 4.37. The normalized spacial score (nSPS) is 13.1. The van der Waals surface area contributed by atoms with E-state index in [1.165, 1.54) is 12.0 Å². The first kappa shape index (κ1) is 12.3. The van der Waals surface area contributed by atoms with Gasteiger partial charge in [0.1, 0.15) is 0 Å². The molecule has 0 amide bonds. The minimum absolute atomic E-state index is 0.398. The summed E-state index contributed by atoms with van der Waals surface area (Å²) in [5.41, 5.74) is 1.26. The topological polar surface area (TPSA) is 9.23 Å². The van der Waals surface area contributed by atoms with E-state index in [4.69, 9.17) is 4.74 Å². The van der Waals surface area contributed by atoms with E-state index in [9.17, 15) is 0 Å². The van der Waals surface area contributed by atoms with Crippen molar-refractivity contribution < 1.29 is 4.74 Å². The van der Waals surface area contributed by atoms with E-state index in [-0.39, 0.29) is 0 Å². The number of rotatable bonds is 6. The predicted octanol–water partition coefficient (Wildman–Crippen LogP) is 4.03. The van der Waals surface area contributed by atoms with Gasteiger partial charge in [-0.05, 0) is 17.9 Å². The molecule has 1 aromatic carbocycles. The third-order valence-corrected chi connectivity index (χ3v) is 2.62. The molecule has 0 unspecified atom stereocenters. The summed E-state index contributed by atoms with van der Waals surface area (Å²) in [5.74, 6) is 0.605. The smallest absolute Gasteiger partial charge is 0.0720 e. The minimum atomic E-state index is 0.398. The van der Waals surface area contributed by atoms with Gasteiger partial charge in [-0.3, -0.25) is 0 Å². The van der Waals surface area contributed by atoms with Gasteiger partial charge in [0.25, 0.3) is 0 Å². The second kappa shape index (κ2) is 6.62. The SMILES string of the molecule is CCC[C@H](OCc1ccccc1)C(C)C. The average molecular weight is 206 g/mol. The maximum atomic E-state index is 5.93. The summed E-state index contributed by atoms with van der Waals surface area (Å²) in [5, 5.41) is 0. The Morgan fingerprint density at radius 2 is 1.80 bits per heavy atom. The molecule has 0 saturated heterocycles. The standard InChI is InChI=1S/C14H22O/c1-4-8-14(12(2)3)15-11-13-9-6-5-7-10-13/h5-7,9-10,12,14H,4,8,11H2,1-3H3/t14-/m0/s1.